The van der Waals surface area contributed by atoms with E-state index in [0.717, 1.165) is 11.1 Å². The Labute approximate surface area is 140 Å². The number of allylic oxidation sites excluding steroid dienone is 1. The Hall–Kier alpha value is -3.08. The molecule has 0 spiro atoms. The van der Waals surface area contributed by atoms with Crippen molar-refractivity contribution >= 4 is 17.4 Å². The third kappa shape index (κ3) is 2.88. The number of rotatable bonds is 4. The Morgan fingerprint density at radius 3 is 2.38 bits per heavy atom. The summed E-state index contributed by atoms with van der Waals surface area (Å²) in [5.74, 6) is 1.08. The van der Waals surface area contributed by atoms with Crippen LogP contribution in [0.4, 0.5) is 0 Å². The minimum Gasteiger partial charge on any atom is -0.493 e. The molecule has 0 saturated carbocycles. The molecule has 0 radical (unpaired) electrons. The fourth-order valence-corrected chi connectivity index (χ4v) is 2.45. The van der Waals surface area contributed by atoms with Crippen LogP contribution in [0.25, 0.3) is 5.57 Å². The second-order valence-electron chi connectivity index (χ2n) is 5.22. The number of aliphatic imine (C=N–C) groups is 1. The standard InChI is InChI=1S/C19H17NO4/c1-12(14-9-10-15(22-2)16(11-14)23-3)17-19(21)24-18(20-17)13-7-5-4-6-8-13/h4-11H,1-3H3. The van der Waals surface area contributed by atoms with Gasteiger partial charge in [0, 0.05) is 5.56 Å². The Bertz CT molecular complexity index is 838. The minimum absolute atomic E-state index is 0.293. The van der Waals surface area contributed by atoms with Crippen molar-refractivity contribution in [2.24, 2.45) is 4.99 Å². The first kappa shape index (κ1) is 15.8. The van der Waals surface area contributed by atoms with Crippen LogP contribution in [0.5, 0.6) is 11.5 Å². The summed E-state index contributed by atoms with van der Waals surface area (Å²) < 4.78 is 15.8. The maximum absolute atomic E-state index is 12.2. The van der Waals surface area contributed by atoms with Crippen LogP contribution in [-0.4, -0.2) is 26.1 Å². The fraction of sp³-hybridized carbons (Fsp3) is 0.158. The predicted octanol–water partition coefficient (Wildman–Crippen LogP) is 3.44. The molecular formula is C19H17NO4. The van der Waals surface area contributed by atoms with Crippen molar-refractivity contribution in [3.63, 3.8) is 0 Å². The number of carbonyl (C=O) groups excluding carboxylic acids is 1. The molecule has 1 aliphatic heterocycles. The highest BCUT2D eigenvalue weighted by Gasteiger charge is 2.26. The zero-order chi connectivity index (χ0) is 17.1. The van der Waals surface area contributed by atoms with Crippen molar-refractivity contribution < 1.29 is 19.0 Å². The first-order valence-corrected chi connectivity index (χ1v) is 7.43. The summed E-state index contributed by atoms with van der Waals surface area (Å²) in [7, 11) is 3.15. The fourth-order valence-electron chi connectivity index (χ4n) is 2.45. The number of ether oxygens (including phenoxy) is 3. The van der Waals surface area contributed by atoms with Crippen LogP contribution >= 0.6 is 0 Å². The van der Waals surface area contributed by atoms with E-state index in [4.69, 9.17) is 14.2 Å². The molecule has 5 nitrogen and oxygen atoms in total. The van der Waals surface area contributed by atoms with Crippen molar-refractivity contribution in [2.45, 2.75) is 6.92 Å². The highest BCUT2D eigenvalue weighted by Crippen LogP contribution is 2.32. The van der Waals surface area contributed by atoms with Gasteiger partial charge in [0.2, 0.25) is 5.90 Å². The van der Waals surface area contributed by atoms with Gasteiger partial charge in [-0.05, 0) is 42.3 Å². The highest BCUT2D eigenvalue weighted by molar-refractivity contribution is 6.14. The molecule has 5 heteroatoms. The molecule has 0 N–H and O–H groups in total. The summed E-state index contributed by atoms with van der Waals surface area (Å²) in [6.45, 7) is 1.83. The lowest BCUT2D eigenvalue weighted by molar-refractivity contribution is -0.129. The van der Waals surface area contributed by atoms with E-state index in [9.17, 15) is 4.79 Å². The van der Waals surface area contributed by atoms with Gasteiger partial charge in [0.05, 0.1) is 14.2 Å². The third-order valence-corrected chi connectivity index (χ3v) is 3.79. The molecule has 1 heterocycles. The van der Waals surface area contributed by atoms with E-state index >= 15 is 0 Å². The molecule has 24 heavy (non-hydrogen) atoms. The van der Waals surface area contributed by atoms with Gasteiger partial charge in [0.15, 0.2) is 17.2 Å². The van der Waals surface area contributed by atoms with Crippen molar-refractivity contribution in [3.8, 4) is 11.5 Å². The lowest BCUT2D eigenvalue weighted by atomic mass is 10.0. The normalized spacial score (nSPS) is 15.6. The summed E-state index contributed by atoms with van der Waals surface area (Å²) >= 11 is 0. The summed E-state index contributed by atoms with van der Waals surface area (Å²) in [6.07, 6.45) is 0. The van der Waals surface area contributed by atoms with Crippen LogP contribution in [0, 0.1) is 0 Å². The van der Waals surface area contributed by atoms with Crippen LogP contribution in [0.15, 0.2) is 59.2 Å². The molecule has 0 unspecified atom stereocenters. The number of nitrogens with zero attached hydrogens (tertiary/aromatic N) is 1. The van der Waals surface area contributed by atoms with Gasteiger partial charge in [0.25, 0.3) is 0 Å². The zero-order valence-electron chi connectivity index (χ0n) is 13.7. The average Bonchev–Trinajstić information content (AvgIpc) is 3.03. The molecule has 0 saturated heterocycles. The SMILES string of the molecule is COc1ccc(C(C)=C2N=C(c3ccccc3)OC2=O)cc1OC. The molecule has 1 aliphatic rings. The van der Waals surface area contributed by atoms with E-state index < -0.39 is 5.97 Å². The largest absolute Gasteiger partial charge is 0.493 e. The first-order valence-electron chi connectivity index (χ1n) is 7.43. The van der Waals surface area contributed by atoms with Gasteiger partial charge < -0.3 is 14.2 Å². The lowest BCUT2D eigenvalue weighted by Gasteiger charge is -2.10. The minimum atomic E-state index is -0.457. The number of hydrogen-bond donors (Lipinski definition) is 0. The molecule has 2 aromatic carbocycles. The maximum atomic E-state index is 12.2. The van der Waals surface area contributed by atoms with Crippen molar-refractivity contribution in [2.75, 3.05) is 14.2 Å². The molecular weight excluding hydrogens is 306 g/mol. The highest BCUT2D eigenvalue weighted by atomic mass is 16.6. The molecule has 122 valence electrons. The molecule has 0 atom stereocenters. The topological polar surface area (TPSA) is 57.1 Å². The van der Waals surface area contributed by atoms with Gasteiger partial charge in [-0.3, -0.25) is 0 Å². The second-order valence-corrected chi connectivity index (χ2v) is 5.22. The van der Waals surface area contributed by atoms with Crippen LogP contribution < -0.4 is 9.47 Å². The lowest BCUT2D eigenvalue weighted by Crippen LogP contribution is -2.05. The van der Waals surface area contributed by atoms with Crippen molar-refractivity contribution in [1.82, 2.24) is 0 Å². The Balaban J connectivity index is 2.02. The van der Waals surface area contributed by atoms with E-state index in [2.05, 4.69) is 4.99 Å². The van der Waals surface area contributed by atoms with E-state index in [0.29, 0.717) is 28.7 Å². The van der Waals surface area contributed by atoms with Crippen molar-refractivity contribution in [1.29, 1.82) is 0 Å². The second kappa shape index (κ2) is 6.58. The van der Waals surface area contributed by atoms with E-state index in [1.807, 2.05) is 49.4 Å². The summed E-state index contributed by atoms with van der Waals surface area (Å²) in [5, 5.41) is 0. The van der Waals surface area contributed by atoms with Gasteiger partial charge in [-0.15, -0.1) is 0 Å². The smallest absolute Gasteiger partial charge is 0.364 e. The maximum Gasteiger partial charge on any atom is 0.364 e. The van der Waals surface area contributed by atoms with Gasteiger partial charge >= 0.3 is 5.97 Å². The number of esters is 1. The quantitative estimate of drug-likeness (QED) is 0.639. The molecule has 3 rings (SSSR count). The van der Waals surface area contributed by atoms with Crippen LogP contribution in [0.3, 0.4) is 0 Å². The summed E-state index contributed by atoms with van der Waals surface area (Å²) in [4.78, 5) is 16.6. The zero-order valence-corrected chi connectivity index (χ0v) is 13.7. The predicted molar refractivity (Wildman–Crippen MR) is 91.2 cm³/mol. The Morgan fingerprint density at radius 1 is 1.00 bits per heavy atom. The van der Waals surface area contributed by atoms with Gasteiger partial charge in [-0.2, -0.15) is 0 Å². The molecule has 0 aromatic heterocycles. The molecule has 0 amide bonds. The first-order chi connectivity index (χ1) is 11.6. The van der Waals surface area contributed by atoms with Gasteiger partial charge in [0.1, 0.15) is 0 Å². The number of hydrogen-bond acceptors (Lipinski definition) is 5. The molecule has 0 aliphatic carbocycles. The number of cyclic esters (lactones) is 1. The molecule has 2 aromatic rings. The number of carbonyl (C=O) groups is 1. The molecule has 0 bridgehead atoms. The average molecular weight is 323 g/mol. The monoisotopic (exact) mass is 323 g/mol. The van der Waals surface area contributed by atoms with E-state index in [-0.39, 0.29) is 0 Å². The van der Waals surface area contributed by atoms with Crippen LogP contribution in [0.2, 0.25) is 0 Å². The van der Waals surface area contributed by atoms with Crippen LogP contribution in [-0.2, 0) is 9.53 Å². The Morgan fingerprint density at radius 2 is 1.71 bits per heavy atom. The van der Waals surface area contributed by atoms with E-state index in [1.165, 1.54) is 0 Å². The third-order valence-electron chi connectivity index (χ3n) is 3.79. The summed E-state index contributed by atoms with van der Waals surface area (Å²) in [6, 6.07) is 14.8. The summed E-state index contributed by atoms with van der Waals surface area (Å²) in [5.41, 5.74) is 2.59. The Kier molecular flexibility index (Phi) is 4.33. The van der Waals surface area contributed by atoms with Gasteiger partial charge in [-0.1, -0.05) is 24.3 Å². The van der Waals surface area contributed by atoms with E-state index in [1.54, 1.807) is 20.3 Å². The number of benzene rings is 2. The molecule has 0 fully saturated rings. The number of methoxy groups -OCH3 is 2. The van der Waals surface area contributed by atoms with Gasteiger partial charge in [-0.25, -0.2) is 9.79 Å². The van der Waals surface area contributed by atoms with Crippen LogP contribution in [0.1, 0.15) is 18.1 Å². The van der Waals surface area contributed by atoms with Crippen molar-refractivity contribution in [3.05, 3.63) is 65.4 Å².